The van der Waals surface area contributed by atoms with Crippen molar-refractivity contribution in [3.63, 3.8) is 0 Å². The summed E-state index contributed by atoms with van der Waals surface area (Å²) in [6, 6.07) is 15.8. The number of amides is 1. The lowest BCUT2D eigenvalue weighted by Gasteiger charge is -2.14. The van der Waals surface area contributed by atoms with Gasteiger partial charge in [0, 0.05) is 6.54 Å². The molecule has 1 N–H and O–H groups in total. The minimum Gasteiger partial charge on any atom is -0.493 e. The smallest absolute Gasteiger partial charge is 0.224 e. The number of nitrogens with one attached hydrogen (secondary N) is 1. The molecule has 1 aliphatic heterocycles. The van der Waals surface area contributed by atoms with Crippen molar-refractivity contribution in [2.75, 3.05) is 13.2 Å². The first-order valence-electron chi connectivity index (χ1n) is 9.07. The summed E-state index contributed by atoms with van der Waals surface area (Å²) in [5, 5.41) is 14.2. The van der Waals surface area contributed by atoms with E-state index in [0.717, 1.165) is 29.8 Å². The number of aromatic nitrogens is 4. The van der Waals surface area contributed by atoms with Crippen LogP contribution in [-0.2, 0) is 17.6 Å². The highest BCUT2D eigenvalue weighted by atomic mass is 16.5. The summed E-state index contributed by atoms with van der Waals surface area (Å²) in [7, 11) is 0. The maximum atomic E-state index is 12.3. The van der Waals surface area contributed by atoms with Gasteiger partial charge in [-0.2, -0.15) is 0 Å². The van der Waals surface area contributed by atoms with Crippen LogP contribution in [0.1, 0.15) is 17.5 Å². The van der Waals surface area contributed by atoms with Gasteiger partial charge in [-0.15, -0.1) is 5.10 Å². The molecule has 3 aromatic rings. The molecule has 0 bridgehead atoms. The molecular formula is C20H21N5O2. The highest BCUT2D eigenvalue weighted by molar-refractivity contribution is 5.78. The molecule has 27 heavy (non-hydrogen) atoms. The monoisotopic (exact) mass is 363 g/mol. The van der Waals surface area contributed by atoms with E-state index in [2.05, 4.69) is 26.9 Å². The van der Waals surface area contributed by atoms with E-state index in [9.17, 15) is 4.79 Å². The number of hydrogen-bond acceptors (Lipinski definition) is 5. The predicted molar refractivity (Wildman–Crippen MR) is 99.6 cm³/mol. The van der Waals surface area contributed by atoms with Crippen LogP contribution >= 0.6 is 0 Å². The number of carbonyl (C=O) groups is 1. The van der Waals surface area contributed by atoms with E-state index in [-0.39, 0.29) is 5.91 Å². The Hall–Kier alpha value is -3.22. The molecule has 0 radical (unpaired) electrons. The Labute approximate surface area is 157 Å². The third-order valence-electron chi connectivity index (χ3n) is 4.77. The molecule has 138 valence electrons. The number of hydrogen-bond donors (Lipinski definition) is 1. The number of tetrazole rings is 1. The average Bonchev–Trinajstić information content (AvgIpc) is 3.14. The quantitative estimate of drug-likeness (QED) is 0.749. The summed E-state index contributed by atoms with van der Waals surface area (Å²) in [5.41, 5.74) is 3.03. The molecule has 0 aliphatic carbocycles. The van der Waals surface area contributed by atoms with Gasteiger partial charge in [-0.1, -0.05) is 30.3 Å². The minimum atomic E-state index is 0.0311. The van der Waals surface area contributed by atoms with Crippen molar-refractivity contribution in [2.24, 2.45) is 5.92 Å². The first-order valence-corrected chi connectivity index (χ1v) is 9.07. The van der Waals surface area contributed by atoms with Crippen molar-refractivity contribution in [1.29, 1.82) is 0 Å². The number of benzene rings is 2. The maximum absolute atomic E-state index is 12.3. The first kappa shape index (κ1) is 17.2. The molecule has 2 aromatic carbocycles. The number of fused-ring (bicyclic) bond motifs is 1. The molecule has 0 saturated carbocycles. The molecule has 7 heteroatoms. The molecule has 1 unspecified atom stereocenters. The lowest BCUT2D eigenvalue weighted by atomic mass is 9.97. The van der Waals surface area contributed by atoms with Crippen molar-refractivity contribution in [3.05, 3.63) is 66.0 Å². The molecule has 4 rings (SSSR count). The maximum Gasteiger partial charge on any atom is 0.224 e. The normalized spacial score (nSPS) is 16.1. The Kier molecular flexibility index (Phi) is 5.09. The molecule has 2 heterocycles. The van der Waals surface area contributed by atoms with E-state index in [1.54, 1.807) is 4.68 Å². The van der Waals surface area contributed by atoms with Gasteiger partial charge in [0.15, 0.2) is 0 Å². The number of ether oxygens (including phenoxy) is 1. The van der Waals surface area contributed by atoms with Crippen molar-refractivity contribution < 1.29 is 9.53 Å². The van der Waals surface area contributed by atoms with Gasteiger partial charge in [0.25, 0.3) is 0 Å². The summed E-state index contributed by atoms with van der Waals surface area (Å²) in [6.07, 6.45) is 3.76. The van der Waals surface area contributed by atoms with Crippen LogP contribution in [-0.4, -0.2) is 39.3 Å². The molecule has 1 amide bonds. The second kappa shape index (κ2) is 7.99. The van der Waals surface area contributed by atoms with E-state index in [1.165, 1.54) is 11.9 Å². The molecule has 1 atom stereocenters. The fourth-order valence-corrected chi connectivity index (χ4v) is 3.29. The van der Waals surface area contributed by atoms with E-state index in [1.807, 2.05) is 42.5 Å². The number of nitrogens with zero attached hydrogens (tertiary/aromatic N) is 4. The Morgan fingerprint density at radius 1 is 1.19 bits per heavy atom. The molecule has 0 saturated heterocycles. The molecule has 0 spiro atoms. The molecule has 1 aliphatic rings. The van der Waals surface area contributed by atoms with Crippen LogP contribution in [0.3, 0.4) is 0 Å². The summed E-state index contributed by atoms with van der Waals surface area (Å²) in [5.74, 6) is 1.39. The van der Waals surface area contributed by atoms with Gasteiger partial charge in [0.2, 0.25) is 5.91 Å². The fourth-order valence-electron chi connectivity index (χ4n) is 3.29. The first-order chi connectivity index (χ1) is 13.3. The second-order valence-electron chi connectivity index (χ2n) is 6.72. The van der Waals surface area contributed by atoms with E-state index < -0.39 is 0 Å². The van der Waals surface area contributed by atoms with Crippen LogP contribution < -0.4 is 10.1 Å². The van der Waals surface area contributed by atoms with Gasteiger partial charge in [-0.25, -0.2) is 4.68 Å². The average molecular weight is 363 g/mol. The summed E-state index contributed by atoms with van der Waals surface area (Å²) in [4.78, 5) is 12.3. The number of rotatable bonds is 5. The fraction of sp³-hybridized carbons (Fsp3) is 0.300. The Morgan fingerprint density at radius 3 is 2.85 bits per heavy atom. The summed E-state index contributed by atoms with van der Waals surface area (Å²) in [6.45, 7) is 1.36. The van der Waals surface area contributed by atoms with Gasteiger partial charge in [0.05, 0.1) is 18.7 Å². The zero-order valence-electron chi connectivity index (χ0n) is 14.9. The highest BCUT2D eigenvalue weighted by Gasteiger charge is 2.18. The predicted octanol–water partition coefficient (Wildman–Crippen LogP) is 1.96. The van der Waals surface area contributed by atoms with Crippen molar-refractivity contribution in [1.82, 2.24) is 25.5 Å². The second-order valence-corrected chi connectivity index (χ2v) is 6.72. The van der Waals surface area contributed by atoms with Crippen LogP contribution in [0.25, 0.3) is 5.69 Å². The molecule has 0 fully saturated rings. The largest absolute Gasteiger partial charge is 0.493 e. The van der Waals surface area contributed by atoms with Crippen LogP contribution in [0.4, 0.5) is 0 Å². The number of para-hydroxylation sites is 1. The van der Waals surface area contributed by atoms with Gasteiger partial charge in [-0.3, -0.25) is 4.79 Å². The van der Waals surface area contributed by atoms with Gasteiger partial charge in [0.1, 0.15) is 12.1 Å². The van der Waals surface area contributed by atoms with E-state index in [0.29, 0.717) is 25.5 Å². The standard InChI is InChI=1S/C20H21N5O2/c26-20(12-15-5-7-18(8-6-15)25-14-22-23-24-25)21-13-16-9-10-27-19-4-2-1-3-17(19)11-16/h1-8,14,16H,9-13H2,(H,21,26). The third kappa shape index (κ3) is 4.31. The molecular weight excluding hydrogens is 342 g/mol. The van der Waals surface area contributed by atoms with E-state index >= 15 is 0 Å². The van der Waals surface area contributed by atoms with Crippen LogP contribution in [0.15, 0.2) is 54.9 Å². The third-order valence-corrected chi connectivity index (χ3v) is 4.77. The Bertz CT molecular complexity index is 893. The molecule has 1 aromatic heterocycles. The van der Waals surface area contributed by atoms with E-state index in [4.69, 9.17) is 4.74 Å². The highest BCUT2D eigenvalue weighted by Crippen LogP contribution is 2.26. The van der Waals surface area contributed by atoms with Gasteiger partial charge < -0.3 is 10.1 Å². The van der Waals surface area contributed by atoms with Crippen molar-refractivity contribution >= 4 is 5.91 Å². The van der Waals surface area contributed by atoms with Gasteiger partial charge >= 0.3 is 0 Å². The van der Waals surface area contributed by atoms with Gasteiger partial charge in [-0.05, 0) is 58.5 Å². The van der Waals surface area contributed by atoms with Crippen molar-refractivity contribution in [3.8, 4) is 11.4 Å². The van der Waals surface area contributed by atoms with Crippen LogP contribution in [0.2, 0.25) is 0 Å². The zero-order valence-corrected chi connectivity index (χ0v) is 14.9. The Balaban J connectivity index is 1.29. The number of carbonyl (C=O) groups excluding carboxylic acids is 1. The minimum absolute atomic E-state index is 0.0311. The zero-order chi connectivity index (χ0) is 18.5. The van der Waals surface area contributed by atoms with Crippen molar-refractivity contribution in [2.45, 2.75) is 19.3 Å². The lowest BCUT2D eigenvalue weighted by Crippen LogP contribution is -2.31. The van der Waals surface area contributed by atoms with Crippen LogP contribution in [0, 0.1) is 5.92 Å². The van der Waals surface area contributed by atoms with Crippen LogP contribution in [0.5, 0.6) is 5.75 Å². The lowest BCUT2D eigenvalue weighted by molar-refractivity contribution is -0.120. The molecule has 7 nitrogen and oxygen atoms in total. The Morgan fingerprint density at radius 2 is 2.04 bits per heavy atom. The summed E-state index contributed by atoms with van der Waals surface area (Å²) < 4.78 is 7.37. The SMILES string of the molecule is O=C(Cc1ccc(-n2cnnn2)cc1)NCC1CCOc2ccccc2C1. The summed E-state index contributed by atoms with van der Waals surface area (Å²) >= 11 is 0. The topological polar surface area (TPSA) is 81.9 Å².